The molecule has 12 heteroatoms. The van der Waals surface area contributed by atoms with Crippen LogP contribution in [0.4, 0.5) is 0 Å². The summed E-state index contributed by atoms with van der Waals surface area (Å²) < 4.78 is 16.1. The van der Waals surface area contributed by atoms with Gasteiger partial charge in [-0.3, -0.25) is 0 Å². The minimum atomic E-state index is -5.85. The van der Waals surface area contributed by atoms with E-state index in [1.807, 2.05) is 0 Å². The van der Waals surface area contributed by atoms with Crippen molar-refractivity contribution >= 4 is 80.7 Å². The molecule has 0 N–H and O–H groups in total. The molecular weight excluding hydrogens is 526 g/mol. The minimum absolute atomic E-state index is 0.230. The second kappa shape index (κ2) is 11.2. The van der Waals surface area contributed by atoms with Crippen molar-refractivity contribution in [3.8, 4) is 0 Å². The van der Waals surface area contributed by atoms with Gasteiger partial charge in [-0.2, -0.15) is 0 Å². The molecule has 0 saturated carbocycles. The second-order valence-electron chi connectivity index (χ2n) is 2.50. The van der Waals surface area contributed by atoms with E-state index in [0.717, 1.165) is 0 Å². The van der Waals surface area contributed by atoms with Crippen LogP contribution in [-0.2, 0) is 9.13 Å². The molecule has 0 aliphatic carbocycles. The number of alkyl halides is 2. The van der Waals surface area contributed by atoms with E-state index in [1.165, 1.54) is 0 Å². The first-order valence-corrected chi connectivity index (χ1v) is 19.2. The van der Waals surface area contributed by atoms with E-state index in [-0.39, 0.29) is 42.3 Å². The Morgan fingerprint density at radius 3 is 0.941 bits per heavy atom. The summed E-state index contributed by atoms with van der Waals surface area (Å²) in [6.45, 7) is 0. The van der Waals surface area contributed by atoms with Crippen molar-refractivity contribution in [3.05, 3.63) is 0 Å². The van der Waals surface area contributed by atoms with Gasteiger partial charge in [-0.05, 0) is 15.2 Å². The Balaban J connectivity index is -0.000000273. The molecule has 0 atom stereocenters. The fraction of sp³-hybridized carbons (Fsp3) is 1.00. The Labute approximate surface area is 132 Å². The quantitative estimate of drug-likeness (QED) is 0.265. The Kier molecular flexibility index (Phi) is 16.1. The summed E-state index contributed by atoms with van der Waals surface area (Å²) in [5.41, 5.74) is 0. The zero-order valence-electron chi connectivity index (χ0n) is 9.60. The van der Waals surface area contributed by atoms with Crippen LogP contribution < -0.4 is 19.6 Å². The molecule has 0 aromatic rings. The van der Waals surface area contributed by atoms with Gasteiger partial charge in [0.15, 0.2) is 3.82 Å². The average Bonchev–Trinajstić information content (AvgIpc) is 2.02. The van der Waals surface area contributed by atoms with Crippen molar-refractivity contribution in [2.24, 2.45) is 0 Å². The van der Waals surface area contributed by atoms with Gasteiger partial charge in [0.2, 0.25) is 0 Å². The average molecular weight is 538 g/mol. The van der Waals surface area contributed by atoms with E-state index < -0.39 is 19.0 Å². The van der Waals surface area contributed by atoms with E-state index in [0.29, 0.717) is 0 Å². The molecule has 6 nitrogen and oxygen atoms in total. The fourth-order valence-corrected chi connectivity index (χ4v) is 1.35. The first kappa shape index (κ1) is 24.5. The number of hydrogen-bond acceptors (Lipinski definition) is 6. The molecular formula is C5H12Cl2O6P2Sn2. The van der Waals surface area contributed by atoms with E-state index in [1.54, 1.807) is 0 Å². The van der Waals surface area contributed by atoms with E-state index >= 15 is 0 Å². The van der Waals surface area contributed by atoms with Gasteiger partial charge in [-0.1, -0.05) is 23.2 Å². The molecule has 0 radical (unpaired) electrons. The third-order valence-corrected chi connectivity index (χ3v) is 5.93. The van der Waals surface area contributed by atoms with Crippen LogP contribution in [0.2, 0.25) is 19.8 Å². The van der Waals surface area contributed by atoms with Gasteiger partial charge in [-0.25, -0.2) is 0 Å². The second-order valence-corrected chi connectivity index (χ2v) is 14.3. The Bertz CT molecular complexity index is 252. The fourth-order valence-electron chi connectivity index (χ4n) is 0.150. The van der Waals surface area contributed by atoms with Crippen molar-refractivity contribution in [2.45, 2.75) is 23.6 Å². The number of rotatable bonds is 2. The summed E-state index contributed by atoms with van der Waals surface area (Å²) >= 11 is 9.42. The van der Waals surface area contributed by atoms with E-state index in [9.17, 15) is 28.7 Å². The van der Waals surface area contributed by atoms with Crippen LogP contribution in [0.25, 0.3) is 0 Å². The predicted molar refractivity (Wildman–Crippen MR) is 64.6 cm³/mol. The van der Waals surface area contributed by atoms with Gasteiger partial charge in [-0.15, -0.1) is 0 Å². The molecule has 0 saturated heterocycles. The van der Waals surface area contributed by atoms with Crippen LogP contribution in [0.5, 0.6) is 0 Å². The monoisotopic (exact) mass is 540 g/mol. The summed E-state index contributed by atoms with van der Waals surface area (Å²) in [5.74, 6) is 0. The Morgan fingerprint density at radius 1 is 0.824 bits per heavy atom. The predicted octanol–water partition coefficient (Wildman–Crippen LogP) is -0.524. The summed E-state index contributed by atoms with van der Waals surface area (Å²) in [7, 11) is -11.7. The van der Waals surface area contributed by atoms with Crippen molar-refractivity contribution in [1.29, 1.82) is 0 Å². The first-order valence-electron chi connectivity index (χ1n) is 3.92. The third-order valence-electron chi connectivity index (χ3n) is 0.659. The van der Waals surface area contributed by atoms with Gasteiger partial charge in [0.25, 0.3) is 0 Å². The van der Waals surface area contributed by atoms with Gasteiger partial charge < -0.3 is 28.7 Å². The molecule has 0 amide bonds. The molecule has 17 heavy (non-hydrogen) atoms. The zero-order chi connectivity index (χ0) is 14.9. The molecule has 0 aliphatic rings. The maximum atomic E-state index is 9.94. The van der Waals surface area contributed by atoms with Gasteiger partial charge in [0.1, 0.15) is 0 Å². The maximum absolute atomic E-state index is 9.94. The van der Waals surface area contributed by atoms with E-state index in [4.69, 9.17) is 0 Å². The summed E-state index contributed by atoms with van der Waals surface area (Å²) in [4.78, 5) is 48.9. The topological polar surface area (TPSA) is 126 Å². The van der Waals surface area contributed by atoms with E-state index in [2.05, 4.69) is 43.0 Å². The molecule has 100 valence electrons. The molecule has 0 aliphatic heterocycles. The molecule has 0 aromatic heterocycles. The molecule has 0 bridgehead atoms. The number of hydrogen-bond donors (Lipinski definition) is 0. The third kappa shape index (κ3) is 12.0. The van der Waals surface area contributed by atoms with Gasteiger partial charge >= 0.3 is 62.0 Å². The van der Waals surface area contributed by atoms with Crippen LogP contribution in [0.1, 0.15) is 0 Å². The van der Waals surface area contributed by atoms with Crippen LogP contribution >= 0.6 is 38.4 Å². The molecule has 0 heterocycles. The SMILES string of the molecule is O=P([O-])([O-])C(Cl)(Cl)P(=O)([O-])[O-].[CH3][Sn+2][CH3].[CH3][Sn+2][CH3]. The summed E-state index contributed by atoms with van der Waals surface area (Å²) in [6.07, 6.45) is 0. The summed E-state index contributed by atoms with van der Waals surface area (Å²) in [6, 6.07) is 0. The molecule has 0 rings (SSSR count). The van der Waals surface area contributed by atoms with Crippen LogP contribution in [0, 0.1) is 0 Å². The molecule has 0 aromatic carbocycles. The van der Waals surface area contributed by atoms with Crippen LogP contribution in [0.3, 0.4) is 0 Å². The van der Waals surface area contributed by atoms with Crippen molar-refractivity contribution in [3.63, 3.8) is 0 Å². The normalized spacial score (nSPS) is 10.9. The van der Waals surface area contributed by atoms with Gasteiger partial charge in [0.05, 0.1) is 0 Å². The van der Waals surface area contributed by atoms with Crippen molar-refractivity contribution < 1.29 is 28.7 Å². The number of halogens is 2. The summed E-state index contributed by atoms with van der Waals surface area (Å²) in [5, 5.41) is 0. The molecule has 0 fully saturated rings. The molecule has 0 unspecified atom stereocenters. The van der Waals surface area contributed by atoms with Crippen molar-refractivity contribution in [2.75, 3.05) is 0 Å². The Morgan fingerprint density at radius 2 is 0.941 bits per heavy atom. The van der Waals surface area contributed by atoms with Gasteiger partial charge in [0, 0.05) is 0 Å². The Hall–Kier alpha value is 2.48. The van der Waals surface area contributed by atoms with Crippen LogP contribution in [-0.4, -0.2) is 46.1 Å². The van der Waals surface area contributed by atoms with Crippen LogP contribution in [0.15, 0.2) is 0 Å². The van der Waals surface area contributed by atoms with Crippen molar-refractivity contribution in [1.82, 2.24) is 0 Å². The standard InChI is InChI=1S/CH4Cl2O6P2.4CH3.2Sn/c2-1(3,10(4,5)6)11(7,8)9;;;;;;/h(H2,4,5,6)(H2,7,8,9);4*1H3;;/q;;;;;2*+2/p-4. The zero-order valence-corrected chi connectivity index (χ0v) is 18.6. The molecule has 0 spiro atoms. The first-order chi connectivity index (χ1) is 7.33.